The molecule has 4 rings (SSSR count). The van der Waals surface area contributed by atoms with Gasteiger partial charge < -0.3 is 20.5 Å². The van der Waals surface area contributed by atoms with Crippen LogP contribution in [-0.2, 0) is 14.3 Å². The molecule has 2 aliphatic rings. The second-order valence-corrected chi connectivity index (χ2v) is 9.67. The van der Waals surface area contributed by atoms with Gasteiger partial charge in [0.15, 0.2) is 0 Å². The third-order valence-electron chi connectivity index (χ3n) is 6.84. The monoisotopic (exact) mass is 464 g/mol. The van der Waals surface area contributed by atoms with E-state index in [2.05, 4.69) is 22.8 Å². The van der Waals surface area contributed by atoms with Gasteiger partial charge in [0, 0.05) is 5.92 Å². The number of ether oxygens (including phenoxy) is 1. The fourth-order valence-electron chi connectivity index (χ4n) is 4.89. The van der Waals surface area contributed by atoms with Crippen molar-refractivity contribution < 1.29 is 24.2 Å². The van der Waals surface area contributed by atoms with Crippen LogP contribution in [0.5, 0.6) is 0 Å². The molecule has 180 valence electrons. The summed E-state index contributed by atoms with van der Waals surface area (Å²) in [6.45, 7) is 4.04. The van der Waals surface area contributed by atoms with Crippen LogP contribution in [0.2, 0.25) is 0 Å². The fourth-order valence-corrected chi connectivity index (χ4v) is 4.89. The maximum Gasteiger partial charge on any atom is 0.407 e. The van der Waals surface area contributed by atoms with Gasteiger partial charge in [-0.2, -0.15) is 0 Å². The summed E-state index contributed by atoms with van der Waals surface area (Å²) >= 11 is 0. The van der Waals surface area contributed by atoms with E-state index in [9.17, 15) is 19.5 Å². The molecule has 0 bridgehead atoms. The van der Waals surface area contributed by atoms with Crippen LogP contribution in [0.1, 0.15) is 56.6 Å². The van der Waals surface area contributed by atoms with Gasteiger partial charge in [0.2, 0.25) is 5.91 Å². The average Bonchev–Trinajstić information content (AvgIpc) is 3.09. The highest BCUT2D eigenvalue weighted by atomic mass is 16.5. The number of carboxylic acid groups (broad SMARTS) is 1. The molecule has 7 heteroatoms. The largest absolute Gasteiger partial charge is 0.480 e. The second-order valence-electron chi connectivity index (χ2n) is 9.67. The number of benzene rings is 2. The zero-order valence-electron chi connectivity index (χ0n) is 19.6. The number of rotatable bonds is 9. The Bertz CT molecular complexity index is 1020. The standard InChI is InChI=1S/C27H32N2O5/c1-16(2)14-23(25(30)29-24(26(31)32)17-8-7-9-17)28-27(33)34-15-22-20-12-5-3-10-18(20)19-11-4-6-13-21(19)22/h3-6,10-13,16-17,22-24H,7-9,14-15H2,1-2H3,(H,28,33)(H,29,30)(H,31,32)/t23-,24?/m1/s1. The summed E-state index contributed by atoms with van der Waals surface area (Å²) in [5, 5.41) is 14.9. The SMILES string of the molecule is CC(C)C[C@@H](NC(=O)OCC1c2ccccc2-c2ccccc21)C(=O)NC(C(=O)O)C1CCC1. The lowest BCUT2D eigenvalue weighted by atomic mass is 9.79. The van der Waals surface area contributed by atoms with Crippen molar-refractivity contribution >= 4 is 18.0 Å². The van der Waals surface area contributed by atoms with Crippen LogP contribution in [0.4, 0.5) is 4.79 Å². The Kier molecular flexibility index (Phi) is 7.20. The second kappa shape index (κ2) is 10.3. The Morgan fingerprint density at radius 1 is 0.971 bits per heavy atom. The molecule has 7 nitrogen and oxygen atoms in total. The van der Waals surface area contributed by atoms with Crippen molar-refractivity contribution in [3.63, 3.8) is 0 Å². The minimum Gasteiger partial charge on any atom is -0.480 e. The number of aliphatic carboxylic acids is 1. The van der Waals surface area contributed by atoms with Gasteiger partial charge in [0.1, 0.15) is 18.7 Å². The highest BCUT2D eigenvalue weighted by molar-refractivity contribution is 5.89. The maximum atomic E-state index is 12.9. The van der Waals surface area contributed by atoms with Gasteiger partial charge in [-0.3, -0.25) is 4.79 Å². The van der Waals surface area contributed by atoms with Gasteiger partial charge in [-0.25, -0.2) is 9.59 Å². The number of amides is 2. The molecular weight excluding hydrogens is 432 g/mol. The van der Waals surface area contributed by atoms with Gasteiger partial charge >= 0.3 is 12.1 Å². The summed E-state index contributed by atoms with van der Waals surface area (Å²) in [5.74, 6) is -1.54. The lowest BCUT2D eigenvalue weighted by molar-refractivity contribution is -0.144. The highest BCUT2D eigenvalue weighted by Crippen LogP contribution is 2.44. The highest BCUT2D eigenvalue weighted by Gasteiger charge is 2.36. The summed E-state index contributed by atoms with van der Waals surface area (Å²) in [5.41, 5.74) is 4.50. The molecule has 2 aliphatic carbocycles. The first kappa shape index (κ1) is 23.8. The van der Waals surface area contributed by atoms with E-state index in [-0.39, 0.29) is 24.4 Å². The number of carboxylic acids is 1. The van der Waals surface area contributed by atoms with Crippen LogP contribution in [0.25, 0.3) is 11.1 Å². The van der Waals surface area contributed by atoms with E-state index in [1.54, 1.807) is 0 Å². The summed E-state index contributed by atoms with van der Waals surface area (Å²) in [4.78, 5) is 37.3. The van der Waals surface area contributed by atoms with Crippen molar-refractivity contribution in [2.45, 2.75) is 57.5 Å². The molecule has 1 fully saturated rings. The van der Waals surface area contributed by atoms with Gasteiger partial charge in [-0.15, -0.1) is 0 Å². The number of fused-ring (bicyclic) bond motifs is 3. The molecule has 3 N–H and O–H groups in total. The number of carbonyl (C=O) groups excluding carboxylic acids is 2. The number of hydrogen-bond donors (Lipinski definition) is 3. The lowest BCUT2D eigenvalue weighted by Gasteiger charge is -2.32. The Balaban J connectivity index is 1.40. The number of alkyl carbamates (subject to hydrolysis) is 1. The summed E-state index contributed by atoms with van der Waals surface area (Å²) in [7, 11) is 0. The Morgan fingerprint density at radius 2 is 1.56 bits per heavy atom. The zero-order valence-corrected chi connectivity index (χ0v) is 19.6. The molecule has 1 saturated carbocycles. The first-order valence-electron chi connectivity index (χ1n) is 12.0. The molecule has 34 heavy (non-hydrogen) atoms. The molecule has 1 unspecified atom stereocenters. The van der Waals surface area contributed by atoms with Crippen molar-refractivity contribution in [3.8, 4) is 11.1 Å². The Hall–Kier alpha value is -3.35. The molecule has 0 saturated heterocycles. The molecular formula is C27H32N2O5. The van der Waals surface area contributed by atoms with E-state index in [1.807, 2.05) is 50.2 Å². The van der Waals surface area contributed by atoms with Gasteiger partial charge in [-0.05, 0) is 53.4 Å². The topological polar surface area (TPSA) is 105 Å². The van der Waals surface area contributed by atoms with E-state index in [0.29, 0.717) is 6.42 Å². The quantitative estimate of drug-likeness (QED) is 0.513. The number of hydrogen-bond acceptors (Lipinski definition) is 4. The van der Waals surface area contributed by atoms with Crippen LogP contribution >= 0.6 is 0 Å². The molecule has 2 atom stereocenters. The normalized spacial score (nSPS) is 16.7. The predicted octanol–water partition coefficient (Wildman–Crippen LogP) is 4.31. The minimum atomic E-state index is -1.04. The predicted molar refractivity (Wildman–Crippen MR) is 128 cm³/mol. The molecule has 0 radical (unpaired) electrons. The fraction of sp³-hybridized carbons (Fsp3) is 0.444. The number of carbonyl (C=O) groups is 3. The Morgan fingerprint density at radius 3 is 2.06 bits per heavy atom. The van der Waals surface area contributed by atoms with E-state index in [1.165, 1.54) is 0 Å². The van der Waals surface area contributed by atoms with Crippen molar-refractivity contribution in [2.24, 2.45) is 11.8 Å². The smallest absolute Gasteiger partial charge is 0.407 e. The van der Waals surface area contributed by atoms with E-state index < -0.39 is 30.1 Å². The van der Waals surface area contributed by atoms with E-state index in [0.717, 1.165) is 41.5 Å². The maximum absolute atomic E-state index is 12.9. The first-order valence-corrected chi connectivity index (χ1v) is 12.0. The van der Waals surface area contributed by atoms with Gasteiger partial charge in [-0.1, -0.05) is 68.8 Å². The average molecular weight is 465 g/mol. The molecule has 0 aliphatic heterocycles. The third kappa shape index (κ3) is 5.08. The van der Waals surface area contributed by atoms with Crippen LogP contribution in [0.15, 0.2) is 48.5 Å². The van der Waals surface area contributed by atoms with E-state index in [4.69, 9.17) is 4.74 Å². The van der Waals surface area contributed by atoms with Crippen molar-refractivity contribution in [1.29, 1.82) is 0 Å². The minimum absolute atomic E-state index is 0.0596. The molecule has 2 aromatic carbocycles. The molecule has 0 spiro atoms. The van der Waals surface area contributed by atoms with E-state index >= 15 is 0 Å². The summed E-state index contributed by atoms with van der Waals surface area (Å²) < 4.78 is 5.59. The van der Waals surface area contributed by atoms with Crippen LogP contribution in [0, 0.1) is 11.8 Å². The molecule has 2 aromatic rings. The van der Waals surface area contributed by atoms with Crippen LogP contribution in [-0.4, -0.2) is 41.8 Å². The third-order valence-corrected chi connectivity index (χ3v) is 6.84. The van der Waals surface area contributed by atoms with Crippen molar-refractivity contribution in [2.75, 3.05) is 6.61 Å². The van der Waals surface area contributed by atoms with Gasteiger partial charge in [0.05, 0.1) is 0 Å². The Labute approximate surface area is 199 Å². The summed E-state index contributed by atoms with van der Waals surface area (Å²) in [6, 6.07) is 14.4. The first-order chi connectivity index (χ1) is 16.3. The zero-order chi connectivity index (χ0) is 24.2. The number of nitrogens with one attached hydrogen (secondary N) is 2. The van der Waals surface area contributed by atoms with Crippen LogP contribution in [0.3, 0.4) is 0 Å². The van der Waals surface area contributed by atoms with Crippen LogP contribution < -0.4 is 10.6 Å². The molecule has 0 heterocycles. The lowest BCUT2D eigenvalue weighted by Crippen LogP contribution is -2.55. The molecule has 0 aromatic heterocycles. The van der Waals surface area contributed by atoms with Crippen molar-refractivity contribution in [3.05, 3.63) is 59.7 Å². The van der Waals surface area contributed by atoms with Crippen molar-refractivity contribution in [1.82, 2.24) is 10.6 Å². The van der Waals surface area contributed by atoms with Gasteiger partial charge in [0.25, 0.3) is 0 Å². The molecule has 2 amide bonds. The summed E-state index contributed by atoms with van der Waals surface area (Å²) in [6.07, 6.45) is 2.24.